The Kier molecular flexibility index (Phi) is 4.90. The minimum atomic E-state index is -0.464. The highest BCUT2D eigenvalue weighted by atomic mass is 19.1. The van der Waals surface area contributed by atoms with Crippen LogP contribution in [0.1, 0.15) is 18.2 Å². The molecule has 0 aliphatic heterocycles. The van der Waals surface area contributed by atoms with E-state index in [9.17, 15) is 9.18 Å². The molecule has 7 nitrogen and oxygen atoms in total. The number of hydrogen-bond acceptors (Lipinski definition) is 5. The van der Waals surface area contributed by atoms with Crippen LogP contribution in [0.15, 0.2) is 65.8 Å². The van der Waals surface area contributed by atoms with Gasteiger partial charge in [-0.25, -0.2) is 14.1 Å². The standard InChI is InChI=1S/C21H19FN6O/c1-2-27-13-24-21(26-27)15-5-3-4-14(8-15)9-19-20(29)6-7-28(25-19)18-11-16(22)10-17(23)12-18/h3-8,10-13H,2,9,23H2,1H3. The van der Waals surface area contributed by atoms with E-state index in [0.29, 0.717) is 23.6 Å². The number of halogens is 1. The van der Waals surface area contributed by atoms with Gasteiger partial charge in [-0.1, -0.05) is 18.2 Å². The number of aryl methyl sites for hydroxylation is 1. The molecule has 0 bridgehead atoms. The zero-order valence-electron chi connectivity index (χ0n) is 15.8. The molecule has 2 aromatic heterocycles. The Balaban J connectivity index is 1.66. The quantitative estimate of drug-likeness (QED) is 0.529. The molecule has 2 N–H and O–H groups in total. The van der Waals surface area contributed by atoms with E-state index in [1.807, 2.05) is 31.2 Å². The van der Waals surface area contributed by atoms with E-state index < -0.39 is 5.82 Å². The molecule has 2 aromatic carbocycles. The summed E-state index contributed by atoms with van der Waals surface area (Å²) < 4.78 is 16.9. The van der Waals surface area contributed by atoms with Crippen LogP contribution < -0.4 is 11.2 Å². The molecule has 0 atom stereocenters. The highest BCUT2D eigenvalue weighted by molar-refractivity contribution is 5.55. The number of aromatic nitrogens is 5. The highest BCUT2D eigenvalue weighted by Gasteiger charge is 2.09. The molecule has 0 aliphatic carbocycles. The molecule has 0 amide bonds. The van der Waals surface area contributed by atoms with Gasteiger partial charge in [-0.2, -0.15) is 10.2 Å². The van der Waals surface area contributed by atoms with Gasteiger partial charge in [-0.05, 0) is 36.8 Å². The molecular weight excluding hydrogens is 371 g/mol. The van der Waals surface area contributed by atoms with E-state index in [0.717, 1.165) is 17.7 Å². The van der Waals surface area contributed by atoms with Gasteiger partial charge < -0.3 is 5.73 Å². The second-order valence-electron chi connectivity index (χ2n) is 6.62. The third-order valence-corrected chi connectivity index (χ3v) is 4.47. The van der Waals surface area contributed by atoms with Crippen molar-refractivity contribution < 1.29 is 4.39 Å². The van der Waals surface area contributed by atoms with E-state index >= 15 is 0 Å². The molecule has 0 fully saturated rings. The Bertz CT molecular complexity index is 1210. The number of nitrogen functional groups attached to an aromatic ring is 1. The fourth-order valence-electron chi connectivity index (χ4n) is 3.03. The van der Waals surface area contributed by atoms with Crippen LogP contribution >= 0.6 is 0 Å². The van der Waals surface area contributed by atoms with Gasteiger partial charge in [0.1, 0.15) is 17.8 Å². The molecule has 0 aliphatic rings. The van der Waals surface area contributed by atoms with Crippen molar-refractivity contribution >= 4 is 5.69 Å². The summed E-state index contributed by atoms with van der Waals surface area (Å²) in [6.07, 6.45) is 3.51. The van der Waals surface area contributed by atoms with Crippen molar-refractivity contribution in [3.8, 4) is 17.1 Å². The van der Waals surface area contributed by atoms with Gasteiger partial charge in [0.05, 0.1) is 5.69 Å². The van der Waals surface area contributed by atoms with Crippen molar-refractivity contribution in [2.45, 2.75) is 19.9 Å². The van der Waals surface area contributed by atoms with Crippen LogP contribution in [-0.2, 0) is 13.0 Å². The molecule has 0 unspecified atom stereocenters. The van der Waals surface area contributed by atoms with Crippen LogP contribution in [-0.4, -0.2) is 24.5 Å². The first-order valence-electron chi connectivity index (χ1n) is 9.16. The monoisotopic (exact) mass is 390 g/mol. The molecule has 4 rings (SSSR count). The van der Waals surface area contributed by atoms with Crippen molar-refractivity contribution in [1.82, 2.24) is 24.5 Å². The van der Waals surface area contributed by atoms with Crippen LogP contribution in [0.25, 0.3) is 17.1 Å². The SMILES string of the molecule is CCn1cnc(-c2cccc(Cc3nn(-c4cc(N)cc(F)c4)ccc3=O)c2)n1. The fourth-order valence-corrected chi connectivity index (χ4v) is 3.03. The molecule has 0 radical (unpaired) electrons. The van der Waals surface area contributed by atoms with Crippen molar-refractivity contribution in [2.24, 2.45) is 0 Å². The number of nitrogens with two attached hydrogens (primary N) is 1. The molecule has 8 heteroatoms. The largest absolute Gasteiger partial charge is 0.399 e. The van der Waals surface area contributed by atoms with E-state index in [1.54, 1.807) is 17.1 Å². The second kappa shape index (κ2) is 7.67. The number of benzene rings is 2. The Morgan fingerprint density at radius 1 is 1.10 bits per heavy atom. The Morgan fingerprint density at radius 2 is 1.97 bits per heavy atom. The number of rotatable bonds is 5. The normalized spacial score (nSPS) is 11.0. The van der Waals surface area contributed by atoms with Gasteiger partial charge in [0.2, 0.25) is 5.43 Å². The second-order valence-corrected chi connectivity index (χ2v) is 6.62. The van der Waals surface area contributed by atoms with Crippen LogP contribution in [0.2, 0.25) is 0 Å². The van der Waals surface area contributed by atoms with Crippen LogP contribution in [0.4, 0.5) is 10.1 Å². The average Bonchev–Trinajstić information content (AvgIpc) is 3.18. The van der Waals surface area contributed by atoms with Gasteiger partial charge in [0.25, 0.3) is 0 Å². The lowest BCUT2D eigenvalue weighted by atomic mass is 10.1. The van der Waals surface area contributed by atoms with Crippen molar-refractivity contribution in [2.75, 3.05) is 5.73 Å². The lowest BCUT2D eigenvalue weighted by Crippen LogP contribution is -2.16. The maximum absolute atomic E-state index is 13.7. The first-order chi connectivity index (χ1) is 14.0. The highest BCUT2D eigenvalue weighted by Crippen LogP contribution is 2.18. The lowest BCUT2D eigenvalue weighted by Gasteiger charge is -2.09. The van der Waals surface area contributed by atoms with Gasteiger partial charge >= 0.3 is 0 Å². The van der Waals surface area contributed by atoms with Crippen molar-refractivity contribution in [1.29, 1.82) is 0 Å². The maximum atomic E-state index is 13.7. The van der Waals surface area contributed by atoms with Crippen LogP contribution in [0, 0.1) is 5.82 Å². The summed E-state index contributed by atoms with van der Waals surface area (Å²) >= 11 is 0. The Hall–Kier alpha value is -3.81. The number of hydrogen-bond donors (Lipinski definition) is 1. The van der Waals surface area contributed by atoms with E-state index in [-0.39, 0.29) is 11.1 Å². The van der Waals surface area contributed by atoms with E-state index in [2.05, 4.69) is 15.2 Å². The Morgan fingerprint density at radius 3 is 2.72 bits per heavy atom. The molecule has 4 aromatic rings. The summed E-state index contributed by atoms with van der Waals surface area (Å²) in [7, 11) is 0. The zero-order chi connectivity index (χ0) is 20.4. The molecule has 0 saturated carbocycles. The molecule has 0 saturated heterocycles. The third-order valence-electron chi connectivity index (χ3n) is 4.47. The first-order valence-corrected chi connectivity index (χ1v) is 9.16. The first kappa shape index (κ1) is 18.5. The molecular formula is C21H19FN6O. The number of nitrogens with zero attached hydrogens (tertiary/aromatic N) is 5. The Labute approximate surface area is 166 Å². The average molecular weight is 390 g/mol. The summed E-state index contributed by atoms with van der Waals surface area (Å²) in [6.45, 7) is 2.73. The molecule has 2 heterocycles. The maximum Gasteiger partial charge on any atom is 0.203 e. The van der Waals surface area contributed by atoms with Gasteiger partial charge in [0.15, 0.2) is 5.82 Å². The summed E-state index contributed by atoms with van der Waals surface area (Å²) in [5.74, 6) is 0.163. The third kappa shape index (κ3) is 4.06. The summed E-state index contributed by atoms with van der Waals surface area (Å²) in [5, 5.41) is 8.80. The smallest absolute Gasteiger partial charge is 0.203 e. The summed E-state index contributed by atoms with van der Waals surface area (Å²) in [6, 6.07) is 13.2. The van der Waals surface area contributed by atoms with Crippen LogP contribution in [0.5, 0.6) is 0 Å². The van der Waals surface area contributed by atoms with Crippen LogP contribution in [0.3, 0.4) is 0 Å². The van der Waals surface area contributed by atoms with Gasteiger partial charge in [0, 0.05) is 36.5 Å². The van der Waals surface area contributed by atoms with E-state index in [1.165, 1.54) is 29.1 Å². The molecule has 0 spiro atoms. The summed E-state index contributed by atoms with van der Waals surface area (Å²) in [4.78, 5) is 16.7. The van der Waals surface area contributed by atoms with Gasteiger partial charge in [-0.15, -0.1) is 0 Å². The predicted octanol–water partition coefficient (Wildman–Crippen LogP) is 2.82. The van der Waals surface area contributed by atoms with Crippen molar-refractivity contribution in [3.63, 3.8) is 0 Å². The molecule has 146 valence electrons. The number of anilines is 1. The minimum absolute atomic E-state index is 0.190. The van der Waals surface area contributed by atoms with Crippen molar-refractivity contribution in [3.05, 3.63) is 88.4 Å². The zero-order valence-corrected chi connectivity index (χ0v) is 15.8. The predicted molar refractivity (Wildman–Crippen MR) is 108 cm³/mol. The topological polar surface area (TPSA) is 91.6 Å². The lowest BCUT2D eigenvalue weighted by molar-refractivity contribution is 0.625. The minimum Gasteiger partial charge on any atom is -0.399 e. The van der Waals surface area contributed by atoms with E-state index in [4.69, 9.17) is 5.73 Å². The molecule has 29 heavy (non-hydrogen) atoms. The summed E-state index contributed by atoms with van der Waals surface area (Å²) in [5.41, 5.74) is 8.37. The fraction of sp³-hybridized carbons (Fsp3) is 0.143. The van der Waals surface area contributed by atoms with Gasteiger partial charge in [-0.3, -0.25) is 9.48 Å².